The van der Waals surface area contributed by atoms with Crippen molar-refractivity contribution in [2.45, 2.75) is 0 Å². The Kier molecular flexibility index (Phi) is 6.46. The summed E-state index contributed by atoms with van der Waals surface area (Å²) in [6.07, 6.45) is 15.1. The molecule has 0 unspecified atom stereocenters. The number of benzene rings is 6. The Morgan fingerprint density at radius 2 is 0.500 bits per heavy atom. The summed E-state index contributed by atoms with van der Waals surface area (Å²) in [6, 6.07) is 44.0. The number of hydrogen-bond donors (Lipinski definition) is 0. The van der Waals surface area contributed by atoms with E-state index in [1.54, 1.807) is 0 Å². The van der Waals surface area contributed by atoms with Crippen LogP contribution in [0.5, 0.6) is 0 Å². The van der Waals surface area contributed by atoms with Gasteiger partial charge >= 0.3 is 0 Å². The van der Waals surface area contributed by atoms with E-state index in [1.165, 1.54) is 53.9 Å². The first kappa shape index (κ1) is 28.3. The molecule has 4 nitrogen and oxygen atoms in total. The Morgan fingerprint density at radius 1 is 0.240 bits per heavy atom. The highest BCUT2D eigenvalue weighted by atomic mass is 14.6. The van der Waals surface area contributed by atoms with E-state index in [9.17, 15) is 0 Å². The first-order chi connectivity index (χ1) is 24.8. The van der Waals surface area contributed by atoms with E-state index < -0.39 is 0 Å². The smallest absolute Gasteiger partial charge is 0.0346 e. The first-order valence-corrected chi connectivity index (χ1v) is 16.7. The SMILES string of the molecule is c1cncc(-c2ccc3c4ccc(-c5cccnc5)cc4c4c5cc(-c6cccnc6)ccc5c5ccc(-c6cccnc6)cc5c4c3c2)c1. The molecule has 10 rings (SSSR count). The molecule has 10 aromatic rings. The molecule has 0 fully saturated rings. The highest BCUT2D eigenvalue weighted by molar-refractivity contribution is 6.40. The second-order valence-corrected chi connectivity index (χ2v) is 12.8. The third kappa shape index (κ3) is 4.54. The normalized spacial score (nSPS) is 11.6. The van der Waals surface area contributed by atoms with E-state index >= 15 is 0 Å². The average Bonchev–Trinajstić information content (AvgIpc) is 3.21. The summed E-state index contributed by atoms with van der Waals surface area (Å²) in [4.78, 5) is 17.8. The van der Waals surface area contributed by atoms with Gasteiger partial charge in [-0.3, -0.25) is 19.9 Å². The third-order valence-corrected chi connectivity index (χ3v) is 9.97. The monoisotopic (exact) mass is 636 g/mol. The molecule has 0 aliphatic carbocycles. The largest absolute Gasteiger partial charge is 0.264 e. The zero-order valence-corrected chi connectivity index (χ0v) is 27.0. The number of hydrogen-bond acceptors (Lipinski definition) is 4. The van der Waals surface area contributed by atoms with Gasteiger partial charge in [-0.2, -0.15) is 0 Å². The minimum Gasteiger partial charge on any atom is -0.264 e. The first-order valence-electron chi connectivity index (χ1n) is 16.7. The van der Waals surface area contributed by atoms with Gasteiger partial charge in [-0.1, -0.05) is 72.8 Å². The number of fused-ring (bicyclic) bond motifs is 11. The van der Waals surface area contributed by atoms with Gasteiger partial charge in [0.15, 0.2) is 0 Å². The number of pyridine rings is 4. The van der Waals surface area contributed by atoms with Gasteiger partial charge in [0.05, 0.1) is 0 Å². The van der Waals surface area contributed by atoms with E-state index in [0.29, 0.717) is 0 Å². The quantitative estimate of drug-likeness (QED) is 0.180. The molecule has 0 radical (unpaired) electrons. The summed E-state index contributed by atoms with van der Waals surface area (Å²) >= 11 is 0. The summed E-state index contributed by atoms with van der Waals surface area (Å²) in [6.45, 7) is 0. The van der Waals surface area contributed by atoms with Gasteiger partial charge in [-0.15, -0.1) is 0 Å². The van der Waals surface area contributed by atoms with Crippen LogP contribution in [0, 0.1) is 0 Å². The standard InChI is InChI=1S/C46H28N4/c1-5-33(25-47-17-1)29-9-13-37-38-14-10-31(35-7-3-19-49-27-35)23-43(38)46-44-24-32(36-8-4-20-50-28-36)12-16-40(44)39-15-11-30(34-6-2-18-48-26-34)22-42(39)45(46)41(37)21-29/h1-28H. The van der Waals surface area contributed by atoms with Crippen molar-refractivity contribution in [3.05, 3.63) is 171 Å². The van der Waals surface area contributed by atoms with Gasteiger partial charge in [0.2, 0.25) is 0 Å². The Labute approximate surface area is 288 Å². The molecule has 0 N–H and O–H groups in total. The van der Waals surface area contributed by atoms with Gasteiger partial charge < -0.3 is 0 Å². The molecule has 0 amide bonds. The molecule has 0 saturated carbocycles. The van der Waals surface area contributed by atoms with Crippen molar-refractivity contribution < 1.29 is 0 Å². The Bertz CT molecular complexity index is 2490. The van der Waals surface area contributed by atoms with Crippen LogP contribution in [0.25, 0.3) is 98.4 Å². The van der Waals surface area contributed by atoms with Crippen molar-refractivity contribution in [3.63, 3.8) is 0 Å². The third-order valence-electron chi connectivity index (χ3n) is 9.97. The summed E-state index contributed by atoms with van der Waals surface area (Å²) in [5.41, 5.74) is 8.92. The molecule has 0 bridgehead atoms. The van der Waals surface area contributed by atoms with Crippen LogP contribution in [-0.2, 0) is 0 Å². The van der Waals surface area contributed by atoms with Crippen LogP contribution < -0.4 is 0 Å². The van der Waals surface area contributed by atoms with Crippen molar-refractivity contribution in [1.82, 2.24) is 19.9 Å². The van der Waals surface area contributed by atoms with Crippen molar-refractivity contribution >= 4 is 53.9 Å². The van der Waals surface area contributed by atoms with Crippen molar-refractivity contribution in [1.29, 1.82) is 0 Å². The predicted molar refractivity (Wildman–Crippen MR) is 207 cm³/mol. The molecule has 0 aliphatic heterocycles. The zero-order chi connectivity index (χ0) is 33.0. The van der Waals surface area contributed by atoms with Crippen LogP contribution in [0.3, 0.4) is 0 Å². The van der Waals surface area contributed by atoms with E-state index in [2.05, 4.69) is 117 Å². The second-order valence-electron chi connectivity index (χ2n) is 12.8. The van der Waals surface area contributed by atoms with Gasteiger partial charge in [0.25, 0.3) is 0 Å². The predicted octanol–water partition coefficient (Wildman–Crippen LogP) is 11.7. The molecular weight excluding hydrogens is 609 g/mol. The minimum atomic E-state index is 1.09. The van der Waals surface area contributed by atoms with Crippen molar-refractivity contribution in [2.24, 2.45) is 0 Å². The number of nitrogens with zero attached hydrogens (tertiary/aromatic N) is 4. The lowest BCUT2D eigenvalue weighted by molar-refractivity contribution is 1.33. The molecule has 0 atom stereocenters. The molecule has 0 aliphatic rings. The lowest BCUT2D eigenvalue weighted by atomic mass is 9.84. The van der Waals surface area contributed by atoms with Crippen molar-refractivity contribution in [3.8, 4) is 44.5 Å². The number of aromatic nitrogens is 4. The van der Waals surface area contributed by atoms with E-state index in [0.717, 1.165) is 44.5 Å². The summed E-state index contributed by atoms with van der Waals surface area (Å²) < 4.78 is 0. The van der Waals surface area contributed by atoms with Crippen LogP contribution in [0.2, 0.25) is 0 Å². The van der Waals surface area contributed by atoms with E-state index in [4.69, 9.17) is 0 Å². The fourth-order valence-electron chi connectivity index (χ4n) is 7.62. The maximum absolute atomic E-state index is 4.45. The van der Waals surface area contributed by atoms with Gasteiger partial charge in [-0.25, -0.2) is 0 Å². The lowest BCUT2D eigenvalue weighted by Crippen LogP contribution is -1.92. The summed E-state index contributed by atoms with van der Waals surface area (Å²) in [5, 5.41) is 12.2. The van der Waals surface area contributed by atoms with E-state index in [-0.39, 0.29) is 0 Å². The molecule has 4 heterocycles. The topological polar surface area (TPSA) is 51.6 Å². The van der Waals surface area contributed by atoms with Crippen LogP contribution in [0.1, 0.15) is 0 Å². The van der Waals surface area contributed by atoms with Gasteiger partial charge in [0, 0.05) is 71.8 Å². The average molecular weight is 637 g/mol. The highest BCUT2D eigenvalue weighted by Crippen LogP contribution is 2.47. The Hall–Kier alpha value is -6.78. The van der Waals surface area contributed by atoms with Crippen LogP contribution in [0.4, 0.5) is 0 Å². The molecule has 232 valence electrons. The Balaban J connectivity index is 1.44. The van der Waals surface area contributed by atoms with Crippen LogP contribution in [-0.4, -0.2) is 19.9 Å². The summed E-state index contributed by atoms with van der Waals surface area (Å²) in [7, 11) is 0. The maximum atomic E-state index is 4.45. The fourth-order valence-corrected chi connectivity index (χ4v) is 7.62. The van der Waals surface area contributed by atoms with Gasteiger partial charge in [0.1, 0.15) is 0 Å². The molecular formula is C46H28N4. The molecule has 4 heteroatoms. The molecule has 0 spiro atoms. The van der Waals surface area contributed by atoms with Crippen LogP contribution >= 0.6 is 0 Å². The fraction of sp³-hybridized carbons (Fsp3) is 0. The highest BCUT2D eigenvalue weighted by Gasteiger charge is 2.19. The molecule has 6 aromatic carbocycles. The zero-order valence-electron chi connectivity index (χ0n) is 27.0. The van der Waals surface area contributed by atoms with Gasteiger partial charge in [-0.05, 0) is 125 Å². The van der Waals surface area contributed by atoms with E-state index in [1.807, 2.05) is 73.8 Å². The lowest BCUT2D eigenvalue weighted by Gasteiger charge is -2.19. The maximum Gasteiger partial charge on any atom is 0.0346 e. The Morgan fingerprint density at radius 3 is 0.720 bits per heavy atom. The molecule has 50 heavy (non-hydrogen) atoms. The van der Waals surface area contributed by atoms with Crippen LogP contribution in [0.15, 0.2) is 171 Å². The minimum absolute atomic E-state index is 1.09. The molecule has 0 saturated heterocycles. The number of rotatable bonds is 4. The summed E-state index contributed by atoms with van der Waals surface area (Å²) in [5.74, 6) is 0. The molecule has 4 aromatic heterocycles. The second kappa shape index (κ2) is 11.4. The van der Waals surface area contributed by atoms with Crippen molar-refractivity contribution in [2.75, 3.05) is 0 Å².